The van der Waals surface area contributed by atoms with Crippen LogP contribution in [0.5, 0.6) is 0 Å². The summed E-state index contributed by atoms with van der Waals surface area (Å²) >= 11 is 0. The van der Waals surface area contributed by atoms with Gasteiger partial charge in [0.1, 0.15) is 13.2 Å². The van der Waals surface area contributed by atoms with E-state index in [-0.39, 0.29) is 31.1 Å². The number of ether oxygens (including phenoxy) is 3. The highest BCUT2D eigenvalue weighted by Crippen LogP contribution is 2.17. The average Bonchev–Trinajstić information content (AvgIpc) is 3.41. The molecule has 0 amide bonds. The summed E-state index contributed by atoms with van der Waals surface area (Å²) in [4.78, 5) is 38.3. The van der Waals surface area contributed by atoms with Crippen molar-refractivity contribution >= 4 is 17.9 Å². The van der Waals surface area contributed by atoms with E-state index in [1.54, 1.807) is 0 Å². The number of carbonyl (C=O) groups excluding carboxylic acids is 3. The second kappa shape index (κ2) is 63.9. The molecular weight excluding hydrogens is 925 g/mol. The Labute approximate surface area is 467 Å². The van der Waals surface area contributed by atoms with Crippen LogP contribution in [-0.2, 0) is 28.6 Å². The monoisotopic (exact) mass is 1050 g/mol. The van der Waals surface area contributed by atoms with Crippen molar-refractivity contribution in [2.24, 2.45) is 0 Å². The number of hydrogen-bond donors (Lipinski definition) is 0. The highest BCUT2D eigenvalue weighted by Gasteiger charge is 2.19. The van der Waals surface area contributed by atoms with Crippen molar-refractivity contribution < 1.29 is 28.6 Å². The summed E-state index contributed by atoms with van der Waals surface area (Å²) in [5.74, 6) is -0.883. The van der Waals surface area contributed by atoms with Crippen LogP contribution < -0.4 is 0 Å². The standard InChI is InChI=1S/C69H126O6/c1-4-7-10-13-16-19-22-25-27-28-29-30-31-32-33-34-35-36-37-38-39-40-42-44-47-50-53-56-59-62-68(71)74-65-66(64-73-67(70)61-58-55-52-49-46-43-24-21-18-15-12-9-6-3)75-69(72)63-60-57-54-51-48-45-41-26-23-20-17-14-11-8-5-2/h17,20-21,24,26,28-29,41,66H,4-16,18-19,22-23,25,27,30-40,42-65H2,1-3H3/b20-17-,24-21-,29-28-,41-26-. The van der Waals surface area contributed by atoms with E-state index in [1.807, 2.05) is 0 Å². The van der Waals surface area contributed by atoms with Gasteiger partial charge in [-0.2, -0.15) is 0 Å². The first kappa shape index (κ1) is 72.4. The first-order chi connectivity index (χ1) is 37.0. The van der Waals surface area contributed by atoms with Crippen LogP contribution in [0.25, 0.3) is 0 Å². The Bertz CT molecular complexity index is 1300. The maximum Gasteiger partial charge on any atom is 0.306 e. The second-order valence-electron chi connectivity index (χ2n) is 22.4. The quantitative estimate of drug-likeness (QED) is 0.0261. The highest BCUT2D eigenvalue weighted by molar-refractivity contribution is 5.71. The van der Waals surface area contributed by atoms with Gasteiger partial charge in [-0.25, -0.2) is 0 Å². The molecule has 438 valence electrons. The molecule has 1 atom stereocenters. The number of hydrogen-bond acceptors (Lipinski definition) is 6. The predicted molar refractivity (Wildman–Crippen MR) is 325 cm³/mol. The molecule has 0 rings (SSSR count). The Kier molecular flexibility index (Phi) is 61.7. The number of unbranched alkanes of at least 4 members (excludes halogenated alkanes) is 42. The van der Waals surface area contributed by atoms with Gasteiger partial charge in [-0.05, 0) is 103 Å². The van der Waals surface area contributed by atoms with Crippen LogP contribution >= 0.6 is 0 Å². The molecule has 0 aliphatic heterocycles. The van der Waals surface area contributed by atoms with E-state index >= 15 is 0 Å². The van der Waals surface area contributed by atoms with Gasteiger partial charge < -0.3 is 14.2 Å². The summed E-state index contributed by atoms with van der Waals surface area (Å²) in [7, 11) is 0. The maximum absolute atomic E-state index is 12.9. The van der Waals surface area contributed by atoms with Gasteiger partial charge in [0, 0.05) is 19.3 Å². The number of rotatable bonds is 61. The van der Waals surface area contributed by atoms with Crippen molar-refractivity contribution in [3.05, 3.63) is 48.6 Å². The third kappa shape index (κ3) is 62.1. The molecule has 0 aromatic carbocycles. The van der Waals surface area contributed by atoms with E-state index < -0.39 is 6.10 Å². The highest BCUT2D eigenvalue weighted by atomic mass is 16.6. The summed E-state index contributed by atoms with van der Waals surface area (Å²) in [5, 5.41) is 0. The van der Waals surface area contributed by atoms with Crippen LogP contribution in [0.15, 0.2) is 48.6 Å². The van der Waals surface area contributed by atoms with Crippen LogP contribution in [0.2, 0.25) is 0 Å². The summed E-state index contributed by atoms with van der Waals surface area (Å²) in [5.41, 5.74) is 0. The van der Waals surface area contributed by atoms with E-state index in [1.165, 1.54) is 225 Å². The van der Waals surface area contributed by atoms with Crippen molar-refractivity contribution in [1.82, 2.24) is 0 Å². The number of carbonyl (C=O) groups is 3. The van der Waals surface area contributed by atoms with E-state index in [9.17, 15) is 14.4 Å². The Balaban J connectivity index is 4.18. The first-order valence-electron chi connectivity index (χ1n) is 33.1. The molecule has 0 aromatic rings. The molecule has 0 saturated heterocycles. The summed E-state index contributed by atoms with van der Waals surface area (Å²) in [6, 6.07) is 0. The summed E-state index contributed by atoms with van der Waals surface area (Å²) in [6.07, 6.45) is 79.9. The molecule has 6 nitrogen and oxygen atoms in total. The zero-order valence-electron chi connectivity index (χ0n) is 50.3. The lowest BCUT2D eigenvalue weighted by Gasteiger charge is -2.18. The van der Waals surface area contributed by atoms with Crippen molar-refractivity contribution in [2.45, 2.75) is 361 Å². The van der Waals surface area contributed by atoms with Gasteiger partial charge >= 0.3 is 17.9 Å². The molecule has 0 aromatic heterocycles. The van der Waals surface area contributed by atoms with E-state index in [4.69, 9.17) is 14.2 Å². The average molecular weight is 1050 g/mol. The number of allylic oxidation sites excluding steroid dienone is 8. The molecule has 0 aliphatic rings. The number of esters is 3. The smallest absolute Gasteiger partial charge is 0.306 e. The molecule has 0 N–H and O–H groups in total. The lowest BCUT2D eigenvalue weighted by Crippen LogP contribution is -2.30. The minimum atomic E-state index is -0.783. The van der Waals surface area contributed by atoms with Crippen LogP contribution in [0.1, 0.15) is 355 Å². The first-order valence-corrected chi connectivity index (χ1v) is 33.1. The molecule has 6 heteroatoms. The molecule has 0 saturated carbocycles. The normalized spacial score (nSPS) is 12.3. The molecule has 0 spiro atoms. The third-order valence-electron chi connectivity index (χ3n) is 14.8. The minimum absolute atomic E-state index is 0.0784. The lowest BCUT2D eigenvalue weighted by atomic mass is 10.0. The fraction of sp³-hybridized carbons (Fsp3) is 0.841. The largest absolute Gasteiger partial charge is 0.462 e. The Morgan fingerprint density at radius 3 is 0.787 bits per heavy atom. The molecule has 0 bridgehead atoms. The van der Waals surface area contributed by atoms with Gasteiger partial charge in [0.15, 0.2) is 6.10 Å². The minimum Gasteiger partial charge on any atom is -0.462 e. The van der Waals surface area contributed by atoms with Crippen molar-refractivity contribution in [3.63, 3.8) is 0 Å². The van der Waals surface area contributed by atoms with Crippen molar-refractivity contribution in [2.75, 3.05) is 13.2 Å². The van der Waals surface area contributed by atoms with Crippen LogP contribution in [-0.4, -0.2) is 37.2 Å². The molecule has 0 aliphatic carbocycles. The molecule has 1 unspecified atom stereocenters. The van der Waals surface area contributed by atoms with Gasteiger partial charge in [-0.3, -0.25) is 14.4 Å². The molecule has 0 heterocycles. The maximum atomic E-state index is 12.9. The summed E-state index contributed by atoms with van der Waals surface area (Å²) < 4.78 is 16.9. The Morgan fingerprint density at radius 1 is 0.267 bits per heavy atom. The Morgan fingerprint density at radius 2 is 0.480 bits per heavy atom. The van der Waals surface area contributed by atoms with Crippen LogP contribution in [0.4, 0.5) is 0 Å². The van der Waals surface area contributed by atoms with Gasteiger partial charge in [-0.15, -0.1) is 0 Å². The fourth-order valence-electron chi connectivity index (χ4n) is 9.76. The van der Waals surface area contributed by atoms with E-state index in [0.29, 0.717) is 19.3 Å². The zero-order chi connectivity index (χ0) is 54.3. The second-order valence-corrected chi connectivity index (χ2v) is 22.4. The van der Waals surface area contributed by atoms with Crippen LogP contribution in [0, 0.1) is 0 Å². The molecule has 0 radical (unpaired) electrons. The summed E-state index contributed by atoms with van der Waals surface area (Å²) in [6.45, 7) is 6.63. The SMILES string of the molecule is CCCCC/C=C\C/C=C\CCCCCCCC(=O)OC(COC(=O)CCCCCCC/C=C\CCCCCC)COC(=O)CCCCCCCCCCCCCCCCCCC/C=C\CCCCCCCCCC. The van der Waals surface area contributed by atoms with Crippen LogP contribution in [0.3, 0.4) is 0 Å². The lowest BCUT2D eigenvalue weighted by molar-refractivity contribution is -0.167. The van der Waals surface area contributed by atoms with Gasteiger partial charge in [0.05, 0.1) is 0 Å². The van der Waals surface area contributed by atoms with Gasteiger partial charge in [0.2, 0.25) is 0 Å². The van der Waals surface area contributed by atoms with Gasteiger partial charge in [-0.1, -0.05) is 281 Å². The Hall–Kier alpha value is -2.63. The molecular formula is C69H126O6. The third-order valence-corrected chi connectivity index (χ3v) is 14.8. The topological polar surface area (TPSA) is 78.9 Å². The van der Waals surface area contributed by atoms with E-state index in [2.05, 4.69) is 69.4 Å². The molecule has 0 fully saturated rings. The zero-order valence-corrected chi connectivity index (χ0v) is 50.3. The van der Waals surface area contributed by atoms with Gasteiger partial charge in [0.25, 0.3) is 0 Å². The van der Waals surface area contributed by atoms with Crippen molar-refractivity contribution in [1.29, 1.82) is 0 Å². The molecule has 75 heavy (non-hydrogen) atoms. The van der Waals surface area contributed by atoms with Crippen molar-refractivity contribution in [3.8, 4) is 0 Å². The fourth-order valence-corrected chi connectivity index (χ4v) is 9.76. The van der Waals surface area contributed by atoms with E-state index in [0.717, 1.165) is 89.9 Å². The predicted octanol–water partition coefficient (Wildman–Crippen LogP) is 22.6.